The molecule has 0 radical (unpaired) electrons. The first kappa shape index (κ1) is 19.1. The van der Waals surface area contributed by atoms with Crippen molar-refractivity contribution in [2.24, 2.45) is 0 Å². The number of aliphatic carboxylic acids is 1. The summed E-state index contributed by atoms with van der Waals surface area (Å²) < 4.78 is 26.7. The topological polar surface area (TPSA) is 101 Å². The van der Waals surface area contributed by atoms with Crippen molar-refractivity contribution in [2.75, 3.05) is 27.9 Å². The Morgan fingerprint density at radius 1 is 1.04 bits per heavy atom. The van der Waals surface area contributed by atoms with Crippen LogP contribution in [0.15, 0.2) is 36.1 Å². The van der Waals surface area contributed by atoms with Gasteiger partial charge in [0.2, 0.25) is 5.78 Å². The van der Waals surface area contributed by atoms with Gasteiger partial charge in [-0.3, -0.25) is 4.79 Å². The van der Waals surface area contributed by atoms with Crippen molar-refractivity contribution >= 4 is 17.8 Å². The van der Waals surface area contributed by atoms with Crippen LogP contribution in [-0.2, 0) is 4.79 Å². The number of methoxy groups -OCH3 is 3. The molecule has 3 rings (SSSR count). The highest BCUT2D eigenvalue weighted by molar-refractivity contribution is 6.14. The van der Waals surface area contributed by atoms with Crippen LogP contribution in [0, 0.1) is 0 Å². The number of allylic oxidation sites excluding steroid dienone is 1. The molecule has 0 unspecified atom stereocenters. The zero-order valence-corrected chi connectivity index (χ0v) is 15.5. The number of fused-ring (bicyclic) bond motifs is 1. The Hall–Kier alpha value is -3.68. The van der Waals surface area contributed by atoms with E-state index in [-0.39, 0.29) is 11.5 Å². The van der Waals surface area contributed by atoms with Crippen LogP contribution in [0.1, 0.15) is 15.9 Å². The Morgan fingerprint density at radius 2 is 1.71 bits per heavy atom. The molecule has 2 aromatic rings. The predicted octanol–water partition coefficient (Wildman–Crippen LogP) is 2.79. The lowest BCUT2D eigenvalue weighted by Gasteiger charge is -2.12. The molecule has 0 aliphatic carbocycles. The molecular weight excluding hydrogens is 368 g/mol. The van der Waals surface area contributed by atoms with Gasteiger partial charge in [-0.1, -0.05) is 0 Å². The average Bonchev–Trinajstić information content (AvgIpc) is 3.00. The quantitative estimate of drug-likeness (QED) is 0.725. The molecule has 28 heavy (non-hydrogen) atoms. The largest absolute Gasteiger partial charge is 0.496 e. The number of hydrogen-bond donors (Lipinski definition) is 1. The molecule has 1 N–H and O–H groups in total. The first-order valence-electron chi connectivity index (χ1n) is 8.19. The second-order valence-electron chi connectivity index (χ2n) is 5.73. The van der Waals surface area contributed by atoms with Gasteiger partial charge >= 0.3 is 5.97 Å². The summed E-state index contributed by atoms with van der Waals surface area (Å²) in [6.07, 6.45) is 1.54. The van der Waals surface area contributed by atoms with Crippen LogP contribution < -0.4 is 23.7 Å². The number of ketones is 1. The molecule has 2 aromatic carbocycles. The van der Waals surface area contributed by atoms with Gasteiger partial charge in [-0.15, -0.1) is 0 Å². The highest BCUT2D eigenvalue weighted by Gasteiger charge is 2.28. The molecule has 0 atom stereocenters. The number of carboxylic acid groups (broad SMARTS) is 1. The maximum Gasteiger partial charge on any atom is 0.341 e. The highest BCUT2D eigenvalue weighted by Crippen LogP contribution is 2.38. The van der Waals surface area contributed by atoms with Gasteiger partial charge in [0, 0.05) is 17.7 Å². The van der Waals surface area contributed by atoms with Crippen molar-refractivity contribution < 1.29 is 38.4 Å². The van der Waals surface area contributed by atoms with Crippen molar-refractivity contribution in [2.45, 2.75) is 0 Å². The second-order valence-corrected chi connectivity index (χ2v) is 5.73. The molecule has 0 saturated heterocycles. The van der Waals surface area contributed by atoms with Gasteiger partial charge in [-0.25, -0.2) is 4.79 Å². The summed E-state index contributed by atoms with van der Waals surface area (Å²) in [5.74, 6) is 0.706. The first-order chi connectivity index (χ1) is 13.5. The van der Waals surface area contributed by atoms with E-state index in [2.05, 4.69) is 0 Å². The third kappa shape index (κ3) is 3.71. The number of carboxylic acids is 1. The van der Waals surface area contributed by atoms with Gasteiger partial charge in [0.1, 0.15) is 17.2 Å². The molecule has 0 saturated carbocycles. The van der Waals surface area contributed by atoms with Gasteiger partial charge in [0.25, 0.3) is 0 Å². The Kier molecular flexibility index (Phi) is 5.39. The van der Waals surface area contributed by atoms with Gasteiger partial charge in [-0.05, 0) is 24.3 Å². The molecule has 8 nitrogen and oxygen atoms in total. The number of carbonyl (C=O) groups excluding carboxylic acids is 1. The summed E-state index contributed by atoms with van der Waals surface area (Å²) in [6, 6.07) is 7.84. The van der Waals surface area contributed by atoms with Crippen LogP contribution in [-0.4, -0.2) is 44.8 Å². The van der Waals surface area contributed by atoms with E-state index < -0.39 is 12.6 Å². The van der Waals surface area contributed by atoms with Gasteiger partial charge in [0.15, 0.2) is 23.9 Å². The Morgan fingerprint density at radius 3 is 2.36 bits per heavy atom. The maximum absolute atomic E-state index is 12.6. The molecular formula is C20H18O8. The highest BCUT2D eigenvalue weighted by atomic mass is 16.5. The summed E-state index contributed by atoms with van der Waals surface area (Å²) in [5, 5.41) is 8.70. The molecule has 0 fully saturated rings. The van der Waals surface area contributed by atoms with Crippen LogP contribution >= 0.6 is 0 Å². The fourth-order valence-corrected chi connectivity index (χ4v) is 2.71. The lowest BCUT2D eigenvalue weighted by Crippen LogP contribution is -2.09. The Bertz CT molecular complexity index is 961. The Labute approximate surface area is 160 Å². The summed E-state index contributed by atoms with van der Waals surface area (Å²) in [5.41, 5.74) is 0.923. The minimum absolute atomic E-state index is 0.0934. The normalized spacial score (nSPS) is 13.7. The molecule has 8 heteroatoms. The third-order valence-corrected chi connectivity index (χ3v) is 4.03. The number of ether oxygens (including phenoxy) is 5. The van der Waals surface area contributed by atoms with E-state index in [0.717, 1.165) is 0 Å². The fourth-order valence-electron chi connectivity index (χ4n) is 2.71. The summed E-state index contributed by atoms with van der Waals surface area (Å²) >= 11 is 0. The molecule has 0 spiro atoms. The third-order valence-electron chi connectivity index (χ3n) is 4.03. The maximum atomic E-state index is 12.6. The molecule has 1 aliphatic rings. The van der Waals surface area contributed by atoms with Crippen molar-refractivity contribution in [1.82, 2.24) is 0 Å². The van der Waals surface area contributed by atoms with Crippen LogP contribution in [0.3, 0.4) is 0 Å². The molecule has 0 bridgehead atoms. The van der Waals surface area contributed by atoms with Crippen molar-refractivity contribution in [3.8, 4) is 28.7 Å². The van der Waals surface area contributed by atoms with Crippen molar-refractivity contribution in [1.29, 1.82) is 0 Å². The van der Waals surface area contributed by atoms with Gasteiger partial charge in [-0.2, -0.15) is 0 Å². The smallest absolute Gasteiger partial charge is 0.341 e. The van der Waals surface area contributed by atoms with Crippen molar-refractivity contribution in [3.63, 3.8) is 0 Å². The fraction of sp³-hybridized carbons (Fsp3) is 0.200. The van der Waals surface area contributed by atoms with E-state index >= 15 is 0 Å². The minimum atomic E-state index is -1.10. The summed E-state index contributed by atoms with van der Waals surface area (Å²) in [7, 11) is 4.52. The van der Waals surface area contributed by atoms with Crippen LogP contribution in [0.2, 0.25) is 0 Å². The van der Waals surface area contributed by atoms with E-state index in [4.69, 9.17) is 28.8 Å². The minimum Gasteiger partial charge on any atom is -0.496 e. The lowest BCUT2D eigenvalue weighted by molar-refractivity contribution is -0.139. The SMILES string of the molecule is COc1cc(OC)c(OC)cc1/C=C1\Oc2cc(OCC(=O)O)ccc2C1=O. The summed E-state index contributed by atoms with van der Waals surface area (Å²) in [4.78, 5) is 23.3. The number of hydrogen-bond acceptors (Lipinski definition) is 7. The zero-order chi connectivity index (χ0) is 20.3. The zero-order valence-electron chi connectivity index (χ0n) is 15.5. The van der Waals surface area contributed by atoms with Crippen LogP contribution in [0.25, 0.3) is 6.08 Å². The van der Waals surface area contributed by atoms with E-state index in [1.807, 2.05) is 0 Å². The molecule has 1 heterocycles. The molecule has 0 aromatic heterocycles. The Balaban J connectivity index is 1.93. The van der Waals surface area contributed by atoms with E-state index in [0.29, 0.717) is 39.9 Å². The number of Topliss-reactive ketones (excluding diaryl/α,β-unsaturated/α-hetero) is 1. The van der Waals surface area contributed by atoms with E-state index in [1.54, 1.807) is 18.2 Å². The number of benzene rings is 2. The number of carbonyl (C=O) groups is 2. The van der Waals surface area contributed by atoms with Gasteiger partial charge in [0.05, 0.1) is 26.9 Å². The van der Waals surface area contributed by atoms with Crippen molar-refractivity contribution in [3.05, 3.63) is 47.2 Å². The standard InChI is InChI=1S/C20H18O8/c1-24-14-9-17(26-3)16(25-2)6-11(14)7-18-20(23)13-5-4-12(8-15(13)28-18)27-10-19(21)22/h4-9H,10H2,1-3H3,(H,21,22)/b18-7-. The van der Waals surface area contributed by atoms with E-state index in [1.165, 1.54) is 39.5 Å². The molecule has 1 aliphatic heterocycles. The first-order valence-corrected chi connectivity index (χ1v) is 8.19. The second kappa shape index (κ2) is 7.91. The molecule has 146 valence electrons. The molecule has 0 amide bonds. The summed E-state index contributed by atoms with van der Waals surface area (Å²) in [6.45, 7) is -0.488. The predicted molar refractivity (Wildman–Crippen MR) is 98.6 cm³/mol. The monoisotopic (exact) mass is 386 g/mol. The van der Waals surface area contributed by atoms with Gasteiger partial charge < -0.3 is 28.8 Å². The van der Waals surface area contributed by atoms with Crippen LogP contribution in [0.5, 0.6) is 28.7 Å². The van der Waals surface area contributed by atoms with Crippen LogP contribution in [0.4, 0.5) is 0 Å². The average molecular weight is 386 g/mol. The number of rotatable bonds is 7. The van der Waals surface area contributed by atoms with E-state index in [9.17, 15) is 9.59 Å². The lowest BCUT2D eigenvalue weighted by atomic mass is 10.1.